The molecule has 66 valence electrons. The fourth-order valence-electron chi connectivity index (χ4n) is 0.915. The summed E-state index contributed by atoms with van der Waals surface area (Å²) in [5, 5.41) is 8.79. The molecular weight excluding hydrogens is 227 g/mol. The lowest BCUT2D eigenvalue weighted by atomic mass is 10.2. The monoisotopic (exact) mass is 234 g/mol. The molecule has 0 radical (unpaired) electrons. The van der Waals surface area contributed by atoms with Gasteiger partial charge in [-0.2, -0.15) is 0 Å². The average Bonchev–Trinajstić information content (AvgIpc) is 2.03. The van der Waals surface area contributed by atoms with Crippen LogP contribution < -0.4 is 4.74 Å². The fraction of sp³-hybridized carbons (Fsp3) is 0.250. The summed E-state index contributed by atoms with van der Waals surface area (Å²) in [6, 6.07) is 2.89. The molecule has 0 unspecified atom stereocenters. The van der Waals surface area contributed by atoms with Gasteiger partial charge in [0.15, 0.2) is 0 Å². The van der Waals surface area contributed by atoms with Gasteiger partial charge in [-0.05, 0) is 12.1 Å². The van der Waals surface area contributed by atoms with Gasteiger partial charge in [0.1, 0.15) is 11.6 Å². The number of aliphatic hydroxyl groups excluding tert-OH is 1. The number of benzene rings is 1. The summed E-state index contributed by atoms with van der Waals surface area (Å²) < 4.78 is 18.5. The molecule has 1 rings (SSSR count). The molecule has 12 heavy (non-hydrogen) atoms. The molecule has 1 N–H and O–H groups in total. The molecule has 1 aromatic rings. The van der Waals surface area contributed by atoms with E-state index in [0.717, 1.165) is 0 Å². The van der Waals surface area contributed by atoms with Crippen molar-refractivity contribution < 1.29 is 14.2 Å². The Labute approximate surface area is 78.1 Å². The van der Waals surface area contributed by atoms with Gasteiger partial charge in [-0.25, -0.2) is 4.39 Å². The summed E-state index contributed by atoms with van der Waals surface area (Å²) >= 11 is 3.12. The molecular formula is C8H8BrFO2. The van der Waals surface area contributed by atoms with Crippen LogP contribution in [0.15, 0.2) is 16.6 Å². The van der Waals surface area contributed by atoms with Crippen molar-refractivity contribution >= 4 is 15.9 Å². The van der Waals surface area contributed by atoms with E-state index in [0.29, 0.717) is 10.2 Å². The smallest absolute Gasteiger partial charge is 0.133 e. The molecule has 0 aliphatic rings. The highest BCUT2D eigenvalue weighted by Gasteiger charge is 2.09. The molecule has 0 heterocycles. The Morgan fingerprint density at radius 1 is 1.58 bits per heavy atom. The number of hydrogen-bond donors (Lipinski definition) is 1. The topological polar surface area (TPSA) is 29.5 Å². The van der Waals surface area contributed by atoms with Gasteiger partial charge in [0.05, 0.1) is 19.3 Å². The predicted molar refractivity (Wildman–Crippen MR) is 46.6 cm³/mol. The van der Waals surface area contributed by atoms with Gasteiger partial charge >= 0.3 is 0 Å². The number of rotatable bonds is 2. The van der Waals surface area contributed by atoms with Crippen molar-refractivity contribution in [2.45, 2.75) is 6.61 Å². The van der Waals surface area contributed by atoms with Crippen molar-refractivity contribution in [1.82, 2.24) is 0 Å². The first-order chi connectivity index (χ1) is 5.69. The van der Waals surface area contributed by atoms with Crippen LogP contribution in [0.4, 0.5) is 4.39 Å². The minimum Gasteiger partial charge on any atom is -0.496 e. The first-order valence-corrected chi connectivity index (χ1v) is 4.11. The first kappa shape index (κ1) is 9.48. The molecule has 0 aromatic heterocycles. The van der Waals surface area contributed by atoms with Crippen LogP contribution in [0.25, 0.3) is 0 Å². The van der Waals surface area contributed by atoms with Crippen LogP contribution in [-0.2, 0) is 6.61 Å². The summed E-state index contributed by atoms with van der Waals surface area (Å²) in [5.74, 6) is -0.117. The minimum absolute atomic E-state index is 0.181. The quantitative estimate of drug-likeness (QED) is 0.850. The van der Waals surface area contributed by atoms with Gasteiger partial charge in [-0.3, -0.25) is 0 Å². The Kier molecular flexibility index (Phi) is 3.05. The maximum atomic E-state index is 13.0. The Morgan fingerprint density at radius 3 is 2.75 bits per heavy atom. The SMILES string of the molecule is COc1cc(Br)cc(F)c1CO. The van der Waals surface area contributed by atoms with E-state index < -0.39 is 5.82 Å². The molecule has 0 bridgehead atoms. The highest BCUT2D eigenvalue weighted by atomic mass is 79.9. The van der Waals surface area contributed by atoms with Gasteiger partial charge in [0.2, 0.25) is 0 Å². The van der Waals surface area contributed by atoms with E-state index in [9.17, 15) is 4.39 Å². The normalized spacial score (nSPS) is 10.0. The zero-order valence-electron chi connectivity index (χ0n) is 6.47. The summed E-state index contributed by atoms with van der Waals surface area (Å²) in [5.41, 5.74) is 0.181. The van der Waals surface area contributed by atoms with E-state index in [4.69, 9.17) is 9.84 Å². The highest BCUT2D eigenvalue weighted by molar-refractivity contribution is 9.10. The van der Waals surface area contributed by atoms with Gasteiger partial charge in [-0.15, -0.1) is 0 Å². The van der Waals surface area contributed by atoms with Crippen LogP contribution >= 0.6 is 15.9 Å². The molecule has 0 saturated heterocycles. The Morgan fingerprint density at radius 2 is 2.25 bits per heavy atom. The van der Waals surface area contributed by atoms with Crippen LogP contribution in [-0.4, -0.2) is 12.2 Å². The first-order valence-electron chi connectivity index (χ1n) is 3.31. The maximum absolute atomic E-state index is 13.0. The maximum Gasteiger partial charge on any atom is 0.133 e. The predicted octanol–water partition coefficient (Wildman–Crippen LogP) is 2.09. The third-order valence-corrected chi connectivity index (χ3v) is 1.96. The van der Waals surface area contributed by atoms with Crippen molar-refractivity contribution in [3.05, 3.63) is 28.0 Å². The average molecular weight is 235 g/mol. The van der Waals surface area contributed by atoms with E-state index in [1.807, 2.05) is 0 Å². The molecule has 0 amide bonds. The van der Waals surface area contributed by atoms with Crippen molar-refractivity contribution in [3.8, 4) is 5.75 Å². The zero-order chi connectivity index (χ0) is 9.14. The van der Waals surface area contributed by atoms with Gasteiger partial charge < -0.3 is 9.84 Å². The number of ether oxygens (including phenoxy) is 1. The van der Waals surface area contributed by atoms with E-state index in [2.05, 4.69) is 15.9 Å². The largest absolute Gasteiger partial charge is 0.496 e. The van der Waals surface area contributed by atoms with E-state index >= 15 is 0 Å². The Hall–Kier alpha value is -0.610. The Bertz CT molecular complexity index is 289. The molecule has 1 aromatic carbocycles. The van der Waals surface area contributed by atoms with Gasteiger partial charge in [0.25, 0.3) is 0 Å². The third kappa shape index (κ3) is 1.76. The lowest BCUT2D eigenvalue weighted by Gasteiger charge is -2.07. The van der Waals surface area contributed by atoms with Crippen molar-refractivity contribution in [2.75, 3.05) is 7.11 Å². The molecule has 4 heteroatoms. The van der Waals surface area contributed by atoms with Crippen LogP contribution in [0, 0.1) is 5.82 Å². The number of halogens is 2. The number of methoxy groups -OCH3 is 1. The summed E-state index contributed by atoms with van der Waals surface area (Å²) in [6.07, 6.45) is 0. The van der Waals surface area contributed by atoms with Crippen LogP contribution in [0.5, 0.6) is 5.75 Å². The van der Waals surface area contributed by atoms with Crippen molar-refractivity contribution in [1.29, 1.82) is 0 Å². The fourth-order valence-corrected chi connectivity index (χ4v) is 1.32. The third-order valence-electron chi connectivity index (χ3n) is 1.50. The second kappa shape index (κ2) is 3.87. The molecule has 0 aliphatic carbocycles. The second-order valence-corrected chi connectivity index (χ2v) is 3.14. The summed E-state index contributed by atoms with van der Waals surface area (Å²) in [6.45, 7) is -0.359. The second-order valence-electron chi connectivity index (χ2n) is 2.23. The molecule has 0 aliphatic heterocycles. The standard InChI is InChI=1S/C8H8BrFO2/c1-12-8-3-5(9)2-7(10)6(8)4-11/h2-3,11H,4H2,1H3. The molecule has 0 atom stereocenters. The summed E-state index contributed by atoms with van der Waals surface area (Å²) in [4.78, 5) is 0. The number of aliphatic hydroxyl groups is 1. The van der Waals surface area contributed by atoms with Gasteiger partial charge in [0, 0.05) is 4.47 Å². The molecule has 0 saturated carbocycles. The van der Waals surface area contributed by atoms with Crippen LogP contribution in [0.3, 0.4) is 0 Å². The molecule has 0 spiro atoms. The highest BCUT2D eigenvalue weighted by Crippen LogP contribution is 2.26. The van der Waals surface area contributed by atoms with Crippen LogP contribution in [0.1, 0.15) is 5.56 Å². The minimum atomic E-state index is -0.469. The number of hydrogen-bond acceptors (Lipinski definition) is 2. The van der Waals surface area contributed by atoms with Crippen LogP contribution in [0.2, 0.25) is 0 Å². The van der Waals surface area contributed by atoms with Gasteiger partial charge in [-0.1, -0.05) is 15.9 Å². The van der Waals surface area contributed by atoms with E-state index in [-0.39, 0.29) is 12.2 Å². The van der Waals surface area contributed by atoms with E-state index in [1.54, 1.807) is 6.07 Å². The zero-order valence-corrected chi connectivity index (χ0v) is 8.06. The lowest BCUT2D eigenvalue weighted by Crippen LogP contribution is -1.95. The molecule has 2 nitrogen and oxygen atoms in total. The Balaban J connectivity index is 3.24. The van der Waals surface area contributed by atoms with Crippen molar-refractivity contribution in [3.63, 3.8) is 0 Å². The lowest BCUT2D eigenvalue weighted by molar-refractivity contribution is 0.267. The van der Waals surface area contributed by atoms with Crippen molar-refractivity contribution in [2.24, 2.45) is 0 Å². The summed E-state index contributed by atoms with van der Waals surface area (Å²) in [7, 11) is 1.43. The van der Waals surface area contributed by atoms with E-state index in [1.165, 1.54) is 13.2 Å². The molecule has 0 fully saturated rings.